The molecule has 0 saturated heterocycles. The first-order chi connectivity index (χ1) is 7.18. The molecule has 0 saturated carbocycles. The smallest absolute Gasteiger partial charge is 0.267 e. The lowest BCUT2D eigenvalue weighted by Gasteiger charge is -2.03. The molecule has 2 rings (SSSR count). The average molecular weight is 203 g/mol. The maximum Gasteiger partial charge on any atom is 0.267 e. The third kappa shape index (κ3) is 1.69. The second kappa shape index (κ2) is 3.49. The van der Waals surface area contributed by atoms with E-state index in [4.69, 9.17) is 5.73 Å². The Balaban J connectivity index is 2.50. The van der Waals surface area contributed by atoms with Crippen molar-refractivity contribution in [1.82, 2.24) is 19.5 Å². The number of hydrogen-bond acceptors (Lipinski definition) is 4. The monoisotopic (exact) mass is 203 g/mol. The first kappa shape index (κ1) is 9.32. The number of aryl methyl sites for hydroxylation is 1. The van der Waals surface area contributed by atoms with Gasteiger partial charge in [-0.05, 0) is 6.92 Å². The van der Waals surface area contributed by atoms with Crippen LogP contribution in [0.3, 0.4) is 0 Å². The van der Waals surface area contributed by atoms with Crippen molar-refractivity contribution in [2.45, 2.75) is 6.92 Å². The number of nitrogens with two attached hydrogens (primary N) is 1. The van der Waals surface area contributed by atoms with E-state index in [0.717, 1.165) is 5.82 Å². The van der Waals surface area contributed by atoms with Gasteiger partial charge in [0.15, 0.2) is 0 Å². The van der Waals surface area contributed by atoms with Crippen LogP contribution >= 0.6 is 0 Å². The molecule has 0 unspecified atom stereocenters. The number of aromatic nitrogens is 4. The minimum Gasteiger partial charge on any atom is -0.364 e. The maximum absolute atomic E-state index is 10.9. The number of carbonyl (C=O) groups excluding carboxylic acids is 1. The summed E-state index contributed by atoms with van der Waals surface area (Å²) in [5.74, 6) is 0.786. The normalized spacial score (nSPS) is 10.2. The molecule has 2 aromatic heterocycles. The molecular formula is C9H9N5O. The van der Waals surface area contributed by atoms with Crippen LogP contribution < -0.4 is 5.73 Å². The Morgan fingerprint density at radius 2 is 2.20 bits per heavy atom. The van der Waals surface area contributed by atoms with E-state index >= 15 is 0 Å². The van der Waals surface area contributed by atoms with E-state index in [2.05, 4.69) is 15.0 Å². The first-order valence-electron chi connectivity index (χ1n) is 4.30. The fraction of sp³-hybridized carbons (Fsp3) is 0.111. The van der Waals surface area contributed by atoms with Gasteiger partial charge in [0.25, 0.3) is 5.91 Å². The molecule has 0 bridgehead atoms. The molecule has 6 nitrogen and oxygen atoms in total. The fourth-order valence-corrected chi connectivity index (χ4v) is 1.23. The molecule has 0 fully saturated rings. The zero-order valence-electron chi connectivity index (χ0n) is 8.08. The fourth-order valence-electron chi connectivity index (χ4n) is 1.23. The second-order valence-corrected chi connectivity index (χ2v) is 2.97. The van der Waals surface area contributed by atoms with E-state index in [1.165, 1.54) is 12.4 Å². The molecular weight excluding hydrogens is 194 g/mol. The van der Waals surface area contributed by atoms with E-state index < -0.39 is 5.91 Å². The summed E-state index contributed by atoms with van der Waals surface area (Å²) >= 11 is 0. The SMILES string of the molecule is Cc1nccn1-c1cc(C(N)=O)ncn1. The van der Waals surface area contributed by atoms with Crippen LogP contribution in [0.4, 0.5) is 0 Å². The van der Waals surface area contributed by atoms with Gasteiger partial charge in [-0.15, -0.1) is 0 Å². The molecule has 6 heteroatoms. The number of amides is 1. The molecule has 0 aromatic carbocycles. The van der Waals surface area contributed by atoms with Gasteiger partial charge in [-0.25, -0.2) is 15.0 Å². The Bertz CT molecular complexity index is 505. The van der Waals surface area contributed by atoms with E-state index in [0.29, 0.717) is 5.82 Å². The predicted molar refractivity (Wildman–Crippen MR) is 52.4 cm³/mol. The van der Waals surface area contributed by atoms with Gasteiger partial charge in [-0.1, -0.05) is 0 Å². The molecule has 0 aliphatic rings. The third-order valence-electron chi connectivity index (χ3n) is 1.98. The average Bonchev–Trinajstić information content (AvgIpc) is 2.64. The molecule has 0 spiro atoms. The van der Waals surface area contributed by atoms with Crippen molar-refractivity contribution in [2.75, 3.05) is 0 Å². The maximum atomic E-state index is 10.9. The summed E-state index contributed by atoms with van der Waals surface area (Å²) in [7, 11) is 0. The van der Waals surface area contributed by atoms with Crippen molar-refractivity contribution in [3.05, 3.63) is 36.3 Å². The Kier molecular flexibility index (Phi) is 2.17. The molecule has 0 radical (unpaired) electrons. The highest BCUT2D eigenvalue weighted by atomic mass is 16.1. The van der Waals surface area contributed by atoms with Gasteiger partial charge in [-0.2, -0.15) is 0 Å². The second-order valence-electron chi connectivity index (χ2n) is 2.97. The zero-order chi connectivity index (χ0) is 10.8. The molecule has 2 heterocycles. The quantitative estimate of drug-likeness (QED) is 0.748. The van der Waals surface area contributed by atoms with Gasteiger partial charge in [0, 0.05) is 18.5 Å². The van der Waals surface area contributed by atoms with Gasteiger partial charge >= 0.3 is 0 Å². The van der Waals surface area contributed by atoms with E-state index in [1.807, 2.05) is 6.92 Å². The topological polar surface area (TPSA) is 86.7 Å². The Morgan fingerprint density at radius 3 is 2.80 bits per heavy atom. The zero-order valence-corrected chi connectivity index (χ0v) is 8.08. The van der Waals surface area contributed by atoms with Crippen molar-refractivity contribution in [1.29, 1.82) is 0 Å². The summed E-state index contributed by atoms with van der Waals surface area (Å²) in [6.07, 6.45) is 4.71. The van der Waals surface area contributed by atoms with E-state index in [-0.39, 0.29) is 5.69 Å². The highest BCUT2D eigenvalue weighted by Gasteiger charge is 2.06. The van der Waals surface area contributed by atoms with Crippen molar-refractivity contribution < 1.29 is 4.79 Å². The van der Waals surface area contributed by atoms with Crippen LogP contribution in [-0.4, -0.2) is 25.4 Å². The minimum absolute atomic E-state index is 0.188. The summed E-state index contributed by atoms with van der Waals surface area (Å²) < 4.78 is 1.74. The minimum atomic E-state index is -0.573. The highest BCUT2D eigenvalue weighted by Crippen LogP contribution is 2.07. The van der Waals surface area contributed by atoms with Gasteiger partial charge < -0.3 is 5.73 Å². The first-order valence-corrected chi connectivity index (χ1v) is 4.30. The van der Waals surface area contributed by atoms with Crippen molar-refractivity contribution in [3.8, 4) is 5.82 Å². The number of rotatable bonds is 2. The van der Waals surface area contributed by atoms with Crippen LogP contribution in [0.5, 0.6) is 0 Å². The lowest BCUT2D eigenvalue weighted by Crippen LogP contribution is -2.14. The van der Waals surface area contributed by atoms with Crippen molar-refractivity contribution in [2.24, 2.45) is 5.73 Å². The van der Waals surface area contributed by atoms with Gasteiger partial charge in [-0.3, -0.25) is 9.36 Å². The Labute approximate surface area is 85.8 Å². The summed E-state index contributed by atoms with van der Waals surface area (Å²) in [6.45, 7) is 1.84. The van der Waals surface area contributed by atoms with Crippen LogP contribution in [0.2, 0.25) is 0 Å². The molecule has 2 N–H and O–H groups in total. The molecule has 1 amide bonds. The van der Waals surface area contributed by atoms with Crippen LogP contribution in [0.1, 0.15) is 16.3 Å². The van der Waals surface area contributed by atoms with Crippen molar-refractivity contribution >= 4 is 5.91 Å². The lowest BCUT2D eigenvalue weighted by molar-refractivity contribution is 0.0995. The number of carbonyl (C=O) groups is 1. The van der Waals surface area contributed by atoms with Crippen LogP contribution in [0.15, 0.2) is 24.8 Å². The number of hydrogen-bond donors (Lipinski definition) is 1. The molecule has 0 atom stereocenters. The van der Waals surface area contributed by atoms with Gasteiger partial charge in [0.2, 0.25) is 0 Å². The van der Waals surface area contributed by atoms with Crippen LogP contribution in [0, 0.1) is 6.92 Å². The third-order valence-corrected chi connectivity index (χ3v) is 1.98. The lowest BCUT2D eigenvalue weighted by atomic mass is 10.4. The van der Waals surface area contributed by atoms with E-state index in [9.17, 15) is 4.79 Å². The summed E-state index contributed by atoms with van der Waals surface area (Å²) in [5.41, 5.74) is 5.31. The number of nitrogens with zero attached hydrogens (tertiary/aromatic N) is 4. The summed E-state index contributed by atoms with van der Waals surface area (Å²) in [4.78, 5) is 22.8. The van der Waals surface area contributed by atoms with Crippen LogP contribution in [-0.2, 0) is 0 Å². The Hall–Kier alpha value is -2.24. The predicted octanol–water partition coefficient (Wildman–Crippen LogP) is 0.0696. The number of primary amides is 1. The molecule has 76 valence electrons. The molecule has 0 aliphatic carbocycles. The summed E-state index contributed by atoms with van der Waals surface area (Å²) in [5, 5.41) is 0. The summed E-state index contributed by atoms with van der Waals surface area (Å²) in [6, 6.07) is 1.52. The highest BCUT2D eigenvalue weighted by molar-refractivity contribution is 5.90. The molecule has 0 aliphatic heterocycles. The largest absolute Gasteiger partial charge is 0.364 e. The molecule has 2 aromatic rings. The van der Waals surface area contributed by atoms with Gasteiger partial charge in [0.05, 0.1) is 0 Å². The van der Waals surface area contributed by atoms with Crippen molar-refractivity contribution in [3.63, 3.8) is 0 Å². The van der Waals surface area contributed by atoms with E-state index in [1.54, 1.807) is 17.0 Å². The van der Waals surface area contributed by atoms with Crippen LogP contribution in [0.25, 0.3) is 5.82 Å². The standard InChI is InChI=1S/C9H9N5O/c1-6-11-2-3-14(6)8-4-7(9(10)15)12-5-13-8/h2-5H,1H3,(H2,10,15). The Morgan fingerprint density at radius 1 is 1.40 bits per heavy atom. The van der Waals surface area contributed by atoms with Gasteiger partial charge in [0.1, 0.15) is 23.7 Å². The molecule has 15 heavy (non-hydrogen) atoms. The number of imidazole rings is 1.